The maximum atomic E-state index is 14.4. The van der Waals surface area contributed by atoms with Crippen LogP contribution in [0.1, 0.15) is 24.8 Å². The molecule has 0 radical (unpaired) electrons. The summed E-state index contributed by atoms with van der Waals surface area (Å²) in [5.74, 6) is 1.33. The van der Waals surface area contributed by atoms with Crippen LogP contribution < -0.4 is 0 Å². The Hall–Kier alpha value is -2.38. The first-order valence-corrected chi connectivity index (χ1v) is 10.9. The number of likely N-dealkylation sites (tertiary alicyclic amines) is 1. The quantitative estimate of drug-likeness (QED) is 0.386. The van der Waals surface area contributed by atoms with E-state index in [1.54, 1.807) is 16.9 Å². The third-order valence-electron chi connectivity index (χ3n) is 5.84. The van der Waals surface area contributed by atoms with Crippen molar-refractivity contribution >= 4 is 5.94 Å². The lowest BCUT2D eigenvalue weighted by Gasteiger charge is -2.40. The van der Waals surface area contributed by atoms with Crippen molar-refractivity contribution < 1.29 is 29.2 Å². The lowest BCUT2D eigenvalue weighted by molar-refractivity contribution is -0.0258. The highest BCUT2D eigenvalue weighted by Crippen LogP contribution is 2.24. The summed E-state index contributed by atoms with van der Waals surface area (Å²) in [6.07, 6.45) is 0.186. The molecule has 0 saturated carbocycles. The van der Waals surface area contributed by atoms with Gasteiger partial charge in [0, 0.05) is 18.7 Å². The van der Waals surface area contributed by atoms with Gasteiger partial charge >= 0.3 is 0 Å². The molecule has 6 nitrogen and oxygen atoms in total. The molecule has 2 aromatic rings. The molecule has 2 aromatic carbocycles. The van der Waals surface area contributed by atoms with Crippen LogP contribution >= 0.6 is 0 Å². The molecule has 3 N–H and O–H groups in total. The van der Waals surface area contributed by atoms with Crippen LogP contribution in [0.3, 0.4) is 0 Å². The average molecular weight is 444 g/mol. The molecule has 1 fully saturated rings. The summed E-state index contributed by atoms with van der Waals surface area (Å²) in [4.78, 5) is 12.7. The van der Waals surface area contributed by atoms with Gasteiger partial charge in [-0.15, -0.1) is 0 Å². The fraction of sp³-hybridized carbons (Fsp3) is 0.440. The molecule has 0 amide bonds. The number of halogens is 1. The first-order valence-electron chi connectivity index (χ1n) is 10.9. The van der Waals surface area contributed by atoms with Crippen molar-refractivity contribution in [2.75, 3.05) is 26.3 Å². The summed E-state index contributed by atoms with van der Waals surface area (Å²) in [6, 6.07) is 13.9. The zero-order valence-corrected chi connectivity index (χ0v) is 18.0. The van der Waals surface area contributed by atoms with E-state index in [1.807, 2.05) is 36.4 Å². The number of ether oxygens (including phenoxy) is 1. The number of piperidine rings is 1. The van der Waals surface area contributed by atoms with E-state index in [-0.39, 0.29) is 24.5 Å². The van der Waals surface area contributed by atoms with Gasteiger partial charge in [-0.1, -0.05) is 42.5 Å². The Labute approximate surface area is 187 Å². The fourth-order valence-electron chi connectivity index (χ4n) is 4.05. The number of unbranched alkanes of at least 4 members (excludes halogenated alkanes) is 2. The van der Waals surface area contributed by atoms with Crippen molar-refractivity contribution in [2.45, 2.75) is 44.1 Å². The molecule has 172 valence electrons. The molecular weight excluding hydrogens is 413 g/mol. The SMILES string of the molecule is O=C=C1[C@@H](O)CN(CCCCCOCc2ccc(-c3ccccc3)c(F)c2)[C@@H](CO)[C@H]1O. The fourth-order valence-corrected chi connectivity index (χ4v) is 4.05. The van der Waals surface area contributed by atoms with Gasteiger partial charge in [-0.05, 0) is 43.0 Å². The maximum absolute atomic E-state index is 14.4. The lowest BCUT2D eigenvalue weighted by atomic mass is 9.92. The van der Waals surface area contributed by atoms with Crippen LogP contribution in [0.25, 0.3) is 11.1 Å². The summed E-state index contributed by atoms with van der Waals surface area (Å²) in [5, 5.41) is 29.7. The Morgan fingerprint density at radius 2 is 1.88 bits per heavy atom. The van der Waals surface area contributed by atoms with Crippen molar-refractivity contribution in [1.29, 1.82) is 0 Å². The number of β-amino-alcohol motifs (C(OH)–C–C–N with tert-alkyl or cyclic N) is 1. The van der Waals surface area contributed by atoms with Crippen molar-refractivity contribution in [3.8, 4) is 11.1 Å². The number of rotatable bonds is 10. The van der Waals surface area contributed by atoms with E-state index in [1.165, 1.54) is 6.07 Å². The highest BCUT2D eigenvalue weighted by molar-refractivity contribution is 5.64. The second-order valence-corrected chi connectivity index (χ2v) is 8.06. The lowest BCUT2D eigenvalue weighted by Crippen LogP contribution is -2.56. The van der Waals surface area contributed by atoms with Gasteiger partial charge in [-0.2, -0.15) is 0 Å². The molecule has 1 saturated heterocycles. The second kappa shape index (κ2) is 12.0. The van der Waals surface area contributed by atoms with Crippen LogP contribution in [0.15, 0.2) is 54.1 Å². The zero-order chi connectivity index (χ0) is 22.9. The third kappa shape index (κ3) is 6.11. The van der Waals surface area contributed by atoms with Gasteiger partial charge in [0.15, 0.2) is 0 Å². The van der Waals surface area contributed by atoms with Gasteiger partial charge < -0.3 is 20.1 Å². The summed E-state index contributed by atoms with van der Waals surface area (Å²) in [5.41, 5.74) is 2.09. The minimum atomic E-state index is -1.21. The van der Waals surface area contributed by atoms with Gasteiger partial charge in [0.25, 0.3) is 0 Å². The van der Waals surface area contributed by atoms with Gasteiger partial charge in [0.05, 0.1) is 24.8 Å². The molecule has 0 bridgehead atoms. The largest absolute Gasteiger partial charge is 0.395 e. The first kappa shape index (κ1) is 24.3. The number of nitrogens with zero attached hydrogens (tertiary/aromatic N) is 1. The zero-order valence-electron chi connectivity index (χ0n) is 18.0. The summed E-state index contributed by atoms with van der Waals surface area (Å²) >= 11 is 0. The van der Waals surface area contributed by atoms with E-state index >= 15 is 0 Å². The second-order valence-electron chi connectivity index (χ2n) is 8.06. The number of aliphatic hydroxyl groups is 3. The van der Waals surface area contributed by atoms with Crippen molar-refractivity contribution in [2.24, 2.45) is 0 Å². The van der Waals surface area contributed by atoms with E-state index in [2.05, 4.69) is 0 Å². The number of hydrogen-bond acceptors (Lipinski definition) is 6. The Balaban J connectivity index is 1.37. The Morgan fingerprint density at radius 3 is 2.56 bits per heavy atom. The van der Waals surface area contributed by atoms with Crippen LogP contribution in [-0.4, -0.2) is 70.7 Å². The number of hydrogen-bond donors (Lipinski definition) is 3. The van der Waals surface area contributed by atoms with Crippen molar-refractivity contribution in [3.63, 3.8) is 0 Å². The number of benzene rings is 2. The first-order chi connectivity index (χ1) is 15.5. The normalized spacial score (nSPS) is 21.5. The molecule has 32 heavy (non-hydrogen) atoms. The molecule has 0 spiro atoms. The van der Waals surface area contributed by atoms with E-state index in [4.69, 9.17) is 4.74 Å². The molecule has 0 unspecified atom stereocenters. The average Bonchev–Trinajstić information content (AvgIpc) is 2.79. The van der Waals surface area contributed by atoms with Gasteiger partial charge in [-0.25, -0.2) is 9.18 Å². The number of aliphatic hydroxyl groups excluding tert-OH is 3. The monoisotopic (exact) mass is 443 g/mol. The van der Waals surface area contributed by atoms with Crippen LogP contribution in [0.2, 0.25) is 0 Å². The molecule has 0 aliphatic carbocycles. The minimum Gasteiger partial charge on any atom is -0.395 e. The molecule has 3 atom stereocenters. The smallest absolute Gasteiger partial charge is 0.131 e. The summed E-state index contributed by atoms with van der Waals surface area (Å²) in [6.45, 7) is 1.34. The van der Waals surface area contributed by atoms with Crippen molar-refractivity contribution in [1.82, 2.24) is 4.90 Å². The minimum absolute atomic E-state index is 0.0954. The summed E-state index contributed by atoms with van der Waals surface area (Å²) in [7, 11) is 0. The molecule has 1 aliphatic heterocycles. The molecule has 1 heterocycles. The Kier molecular flexibility index (Phi) is 9.11. The van der Waals surface area contributed by atoms with Crippen LogP contribution in [-0.2, 0) is 16.1 Å². The Morgan fingerprint density at radius 1 is 1.09 bits per heavy atom. The van der Waals surface area contributed by atoms with Gasteiger partial charge in [-0.3, -0.25) is 4.90 Å². The molecule has 0 aromatic heterocycles. The van der Waals surface area contributed by atoms with Crippen LogP contribution in [0.4, 0.5) is 4.39 Å². The third-order valence-corrected chi connectivity index (χ3v) is 5.84. The van der Waals surface area contributed by atoms with E-state index in [0.29, 0.717) is 25.3 Å². The standard InChI is InChI=1S/C25H30FNO5/c26-22-13-18(9-10-20(22)19-7-3-1-4-8-19)17-32-12-6-2-5-11-27-14-24(30)21(15-28)25(31)23(27)16-29/h1,3-4,7-10,13,23-25,29-31H,2,5-6,11-12,14,16-17H2/t23-,24-,25-/m0/s1. The highest BCUT2D eigenvalue weighted by atomic mass is 19.1. The van der Waals surface area contributed by atoms with Crippen molar-refractivity contribution in [3.05, 3.63) is 65.5 Å². The van der Waals surface area contributed by atoms with Crippen LogP contribution in [0.5, 0.6) is 0 Å². The van der Waals surface area contributed by atoms with Crippen LogP contribution in [0, 0.1) is 5.82 Å². The van der Waals surface area contributed by atoms with E-state index < -0.39 is 18.2 Å². The van der Waals surface area contributed by atoms with Gasteiger partial charge in [0.1, 0.15) is 24.0 Å². The molecule has 3 rings (SSSR count). The Bertz CT molecular complexity index is 916. The molecule has 1 aliphatic rings. The predicted molar refractivity (Wildman–Crippen MR) is 119 cm³/mol. The van der Waals surface area contributed by atoms with E-state index in [9.17, 15) is 24.5 Å². The topological polar surface area (TPSA) is 90.2 Å². The highest BCUT2D eigenvalue weighted by Gasteiger charge is 2.38. The molecular formula is C25H30FNO5. The number of carbonyl (C=O) groups excluding carboxylic acids is 1. The maximum Gasteiger partial charge on any atom is 0.131 e. The van der Waals surface area contributed by atoms with E-state index in [0.717, 1.165) is 30.4 Å². The van der Waals surface area contributed by atoms with Gasteiger partial charge in [0.2, 0.25) is 0 Å². The summed E-state index contributed by atoms with van der Waals surface area (Å²) < 4.78 is 20.1. The predicted octanol–water partition coefficient (Wildman–Crippen LogP) is 2.34. The molecule has 7 heteroatoms.